The van der Waals surface area contributed by atoms with E-state index in [0.717, 1.165) is 5.69 Å². The summed E-state index contributed by atoms with van der Waals surface area (Å²) in [7, 11) is 0. The number of anilines is 1. The molecule has 0 spiro atoms. The van der Waals surface area contributed by atoms with Crippen molar-refractivity contribution in [1.82, 2.24) is 9.55 Å². The van der Waals surface area contributed by atoms with Crippen LogP contribution in [0.3, 0.4) is 0 Å². The van der Waals surface area contributed by atoms with Crippen molar-refractivity contribution >= 4 is 16.9 Å². The molecule has 0 bridgehead atoms. The minimum absolute atomic E-state index is 0.0737. The monoisotopic (exact) mass is 409 g/mol. The molecule has 0 fully saturated rings. The second kappa shape index (κ2) is 9.17. The summed E-state index contributed by atoms with van der Waals surface area (Å²) >= 11 is 0. The van der Waals surface area contributed by atoms with Crippen molar-refractivity contribution in [2.45, 2.75) is 13.3 Å². The minimum Gasteiger partial charge on any atom is -0.487 e. The highest BCUT2D eigenvalue weighted by atomic mass is 19.3. The van der Waals surface area contributed by atoms with Gasteiger partial charge in [0.1, 0.15) is 23.6 Å². The standard InChI is InChI=1S/C23H21F2N3O2/c1-4-9-16(5-2)27-21-13-18(29)22-19(30-14-20(24)25)12-15(3)26-23(22)28(21)17-10-7-6-8-11-17/h4-13,20,27H,1-2,14H2,3H3/b16-9+. The van der Waals surface area contributed by atoms with E-state index in [4.69, 9.17) is 4.74 Å². The van der Waals surface area contributed by atoms with Gasteiger partial charge in [-0.05, 0) is 31.2 Å². The van der Waals surface area contributed by atoms with E-state index in [1.165, 1.54) is 12.1 Å². The van der Waals surface area contributed by atoms with Crippen molar-refractivity contribution in [1.29, 1.82) is 0 Å². The van der Waals surface area contributed by atoms with Crippen LogP contribution in [0.2, 0.25) is 0 Å². The normalized spacial score (nSPS) is 11.5. The molecule has 0 saturated heterocycles. The molecule has 2 aromatic heterocycles. The molecule has 0 aliphatic heterocycles. The molecular formula is C23H21F2N3O2. The molecule has 0 atom stereocenters. The van der Waals surface area contributed by atoms with Crippen LogP contribution >= 0.6 is 0 Å². The maximum absolute atomic E-state index is 13.0. The van der Waals surface area contributed by atoms with Crippen LogP contribution in [0.4, 0.5) is 14.6 Å². The third kappa shape index (κ3) is 4.46. The predicted molar refractivity (Wildman–Crippen MR) is 116 cm³/mol. The Kier molecular flexibility index (Phi) is 6.41. The highest BCUT2D eigenvalue weighted by Gasteiger charge is 2.18. The van der Waals surface area contributed by atoms with Gasteiger partial charge in [-0.15, -0.1) is 0 Å². The van der Waals surface area contributed by atoms with Crippen molar-refractivity contribution in [2.24, 2.45) is 0 Å². The van der Waals surface area contributed by atoms with Crippen LogP contribution < -0.4 is 15.5 Å². The second-order valence-corrected chi connectivity index (χ2v) is 6.41. The lowest BCUT2D eigenvalue weighted by molar-refractivity contribution is 0.0826. The summed E-state index contributed by atoms with van der Waals surface area (Å²) in [5.74, 6) is 0.509. The van der Waals surface area contributed by atoms with E-state index in [1.807, 2.05) is 30.3 Å². The van der Waals surface area contributed by atoms with Crippen LogP contribution in [-0.4, -0.2) is 22.6 Å². The first-order chi connectivity index (χ1) is 14.4. The molecule has 1 N–H and O–H groups in total. The molecule has 2 heterocycles. The van der Waals surface area contributed by atoms with E-state index >= 15 is 0 Å². The van der Waals surface area contributed by atoms with Gasteiger partial charge in [0.25, 0.3) is 6.43 Å². The average Bonchev–Trinajstić information content (AvgIpc) is 2.72. The number of halogens is 2. The van der Waals surface area contributed by atoms with E-state index in [2.05, 4.69) is 23.5 Å². The molecule has 0 amide bonds. The van der Waals surface area contributed by atoms with Crippen molar-refractivity contribution in [3.05, 3.63) is 95.5 Å². The molecule has 3 rings (SSSR count). The largest absolute Gasteiger partial charge is 0.487 e. The van der Waals surface area contributed by atoms with Crippen molar-refractivity contribution < 1.29 is 13.5 Å². The highest BCUT2D eigenvalue weighted by molar-refractivity contribution is 5.86. The van der Waals surface area contributed by atoms with Crippen LogP contribution in [0.5, 0.6) is 5.75 Å². The summed E-state index contributed by atoms with van der Waals surface area (Å²) in [5, 5.41) is 3.28. The molecule has 0 unspecified atom stereocenters. The van der Waals surface area contributed by atoms with E-state index in [-0.39, 0.29) is 11.1 Å². The highest BCUT2D eigenvalue weighted by Crippen LogP contribution is 2.28. The summed E-state index contributed by atoms with van der Waals surface area (Å²) in [6.45, 7) is 8.33. The van der Waals surface area contributed by atoms with Crippen LogP contribution in [0.1, 0.15) is 5.69 Å². The first-order valence-electron chi connectivity index (χ1n) is 9.20. The first kappa shape index (κ1) is 21.0. The zero-order valence-corrected chi connectivity index (χ0v) is 16.4. The third-order valence-electron chi connectivity index (χ3n) is 4.23. The predicted octanol–water partition coefficient (Wildman–Crippen LogP) is 5.01. The number of aromatic nitrogens is 2. The van der Waals surface area contributed by atoms with Gasteiger partial charge in [0.15, 0.2) is 11.1 Å². The van der Waals surface area contributed by atoms with Gasteiger partial charge in [0, 0.05) is 29.2 Å². The minimum atomic E-state index is -2.66. The lowest BCUT2D eigenvalue weighted by atomic mass is 10.2. The van der Waals surface area contributed by atoms with E-state index in [1.54, 1.807) is 29.7 Å². The molecule has 154 valence electrons. The summed E-state index contributed by atoms with van der Waals surface area (Å²) < 4.78 is 32.4. The smallest absolute Gasteiger partial charge is 0.272 e. The number of para-hydroxylation sites is 1. The summed E-state index contributed by atoms with van der Waals surface area (Å²) in [4.78, 5) is 17.5. The Balaban J connectivity index is 2.35. The number of pyridine rings is 2. The number of allylic oxidation sites excluding steroid dienone is 3. The molecule has 1 aromatic carbocycles. The van der Waals surface area contributed by atoms with Crippen molar-refractivity contribution in [3.8, 4) is 11.4 Å². The van der Waals surface area contributed by atoms with Gasteiger partial charge in [0.2, 0.25) is 0 Å². The summed E-state index contributed by atoms with van der Waals surface area (Å²) in [5.41, 5.74) is 1.76. The van der Waals surface area contributed by atoms with Crippen molar-refractivity contribution in [2.75, 3.05) is 11.9 Å². The Bertz CT molecular complexity index is 1170. The SMILES string of the molecule is C=C/C=C(\C=C)Nc1cc(=O)c2c(OCC(F)F)cc(C)nc2n1-c1ccccc1. The molecule has 0 saturated carbocycles. The van der Waals surface area contributed by atoms with Gasteiger partial charge in [-0.3, -0.25) is 9.36 Å². The topological polar surface area (TPSA) is 56.1 Å². The maximum atomic E-state index is 13.0. The Morgan fingerprint density at radius 1 is 1.27 bits per heavy atom. The Morgan fingerprint density at radius 3 is 2.63 bits per heavy atom. The number of hydrogen-bond donors (Lipinski definition) is 1. The zero-order chi connectivity index (χ0) is 21.7. The van der Waals surface area contributed by atoms with E-state index in [9.17, 15) is 13.6 Å². The van der Waals surface area contributed by atoms with Gasteiger partial charge >= 0.3 is 0 Å². The second-order valence-electron chi connectivity index (χ2n) is 6.41. The average molecular weight is 409 g/mol. The molecule has 30 heavy (non-hydrogen) atoms. The van der Waals surface area contributed by atoms with Gasteiger partial charge in [0.05, 0.1) is 0 Å². The lowest BCUT2D eigenvalue weighted by Crippen LogP contribution is -2.17. The number of rotatable bonds is 8. The number of fused-ring (bicyclic) bond motifs is 1. The third-order valence-corrected chi connectivity index (χ3v) is 4.23. The molecule has 0 aliphatic carbocycles. The number of aryl methyl sites for hydroxylation is 1. The Labute approximate surface area is 172 Å². The van der Waals surface area contributed by atoms with E-state index in [0.29, 0.717) is 22.9 Å². The maximum Gasteiger partial charge on any atom is 0.272 e. The summed E-state index contributed by atoms with van der Waals surface area (Å²) in [6, 6.07) is 12.1. The Hall–Kier alpha value is -3.74. The Morgan fingerprint density at radius 2 is 2.00 bits per heavy atom. The number of benzene rings is 1. The van der Waals surface area contributed by atoms with Gasteiger partial charge in [-0.25, -0.2) is 13.8 Å². The number of ether oxygens (including phenoxy) is 1. The number of hydrogen-bond acceptors (Lipinski definition) is 4. The quantitative estimate of drug-likeness (QED) is 0.532. The fourth-order valence-corrected chi connectivity index (χ4v) is 3.03. The van der Waals surface area contributed by atoms with Gasteiger partial charge < -0.3 is 10.1 Å². The molecule has 3 aromatic rings. The van der Waals surface area contributed by atoms with E-state index < -0.39 is 18.5 Å². The van der Waals surface area contributed by atoms with Crippen LogP contribution in [0.15, 0.2) is 84.3 Å². The number of nitrogens with one attached hydrogen (secondary N) is 1. The first-order valence-corrected chi connectivity index (χ1v) is 9.20. The molecular weight excluding hydrogens is 388 g/mol. The zero-order valence-electron chi connectivity index (χ0n) is 16.4. The van der Waals surface area contributed by atoms with Crippen LogP contribution in [0, 0.1) is 6.92 Å². The fourth-order valence-electron chi connectivity index (χ4n) is 3.03. The molecule has 7 heteroatoms. The molecule has 5 nitrogen and oxygen atoms in total. The van der Waals surface area contributed by atoms with Crippen LogP contribution in [-0.2, 0) is 0 Å². The van der Waals surface area contributed by atoms with Gasteiger partial charge in [-0.2, -0.15) is 0 Å². The summed E-state index contributed by atoms with van der Waals surface area (Å²) in [6.07, 6.45) is 2.23. The number of nitrogens with zero attached hydrogens (tertiary/aromatic N) is 2. The van der Waals surface area contributed by atoms with Crippen molar-refractivity contribution in [3.63, 3.8) is 0 Å². The van der Waals surface area contributed by atoms with Gasteiger partial charge in [-0.1, -0.05) is 37.4 Å². The number of alkyl halides is 2. The van der Waals surface area contributed by atoms with Crippen LogP contribution in [0.25, 0.3) is 16.7 Å². The lowest BCUT2D eigenvalue weighted by Gasteiger charge is -2.19. The molecule has 0 aliphatic rings. The molecule has 0 radical (unpaired) electrons. The fraction of sp³-hybridized carbons (Fsp3) is 0.130.